The minimum absolute atomic E-state index is 0.00652. The molecule has 0 spiro atoms. The molecule has 9 heteroatoms. The number of sulfonamides is 1. The van der Waals surface area contributed by atoms with Crippen molar-refractivity contribution >= 4 is 16.0 Å². The van der Waals surface area contributed by atoms with E-state index in [1.54, 1.807) is 0 Å². The molecule has 1 aromatic carbocycles. The van der Waals surface area contributed by atoms with Crippen molar-refractivity contribution in [2.45, 2.75) is 17.4 Å². The lowest BCUT2D eigenvalue weighted by atomic mass is 10.1. The average Bonchev–Trinajstić information content (AvgIpc) is 2.48. The van der Waals surface area contributed by atoms with E-state index in [2.05, 4.69) is 4.98 Å². The second-order valence-corrected chi connectivity index (χ2v) is 6.44. The first-order valence-electron chi connectivity index (χ1n) is 6.41. The number of carboxylic acid groups (broad SMARTS) is 1. The Balaban J connectivity index is 2.22. The lowest BCUT2D eigenvalue weighted by Gasteiger charge is -2.15. The molecular weight excluding hydrogens is 327 g/mol. The zero-order valence-electron chi connectivity index (χ0n) is 11.7. The Morgan fingerprint density at radius 3 is 2.48 bits per heavy atom. The minimum Gasteiger partial charge on any atom is -0.508 e. The molecule has 122 valence electrons. The van der Waals surface area contributed by atoms with E-state index < -0.39 is 32.7 Å². The number of benzene rings is 1. The van der Waals surface area contributed by atoms with Gasteiger partial charge in [0.25, 0.3) is 0 Å². The number of halogens is 1. The second kappa shape index (κ2) is 6.71. The van der Waals surface area contributed by atoms with Crippen LogP contribution in [0, 0.1) is 5.82 Å². The SMILES string of the molecule is O=C(O)[C@@H](Cc1ccc(O)cc1)NS(=O)(=O)c1cncc(F)c1. The number of aromatic nitrogens is 1. The fraction of sp³-hybridized carbons (Fsp3) is 0.143. The Bertz CT molecular complexity index is 808. The second-order valence-electron chi connectivity index (χ2n) is 4.72. The monoisotopic (exact) mass is 340 g/mol. The van der Waals surface area contributed by atoms with Gasteiger partial charge < -0.3 is 10.2 Å². The molecule has 2 rings (SSSR count). The number of pyridine rings is 1. The lowest BCUT2D eigenvalue weighted by Crippen LogP contribution is -2.42. The number of carbonyl (C=O) groups is 1. The number of hydrogen-bond donors (Lipinski definition) is 3. The van der Waals surface area contributed by atoms with Crippen LogP contribution < -0.4 is 4.72 Å². The van der Waals surface area contributed by atoms with Gasteiger partial charge in [-0.05, 0) is 30.2 Å². The quantitative estimate of drug-likeness (QED) is 0.719. The number of rotatable bonds is 6. The van der Waals surface area contributed by atoms with E-state index in [-0.39, 0.29) is 12.2 Å². The summed E-state index contributed by atoms with van der Waals surface area (Å²) >= 11 is 0. The molecular formula is C14H13FN2O5S. The van der Waals surface area contributed by atoms with Crippen molar-refractivity contribution in [3.63, 3.8) is 0 Å². The summed E-state index contributed by atoms with van der Waals surface area (Å²) < 4.78 is 39.3. The topological polar surface area (TPSA) is 117 Å². The predicted molar refractivity (Wildman–Crippen MR) is 77.8 cm³/mol. The van der Waals surface area contributed by atoms with Crippen molar-refractivity contribution in [1.29, 1.82) is 0 Å². The predicted octanol–water partition coefficient (Wildman–Crippen LogP) is 0.901. The van der Waals surface area contributed by atoms with E-state index >= 15 is 0 Å². The zero-order chi connectivity index (χ0) is 17.0. The molecule has 0 amide bonds. The summed E-state index contributed by atoms with van der Waals surface area (Å²) in [6.07, 6.45) is 1.62. The molecule has 0 aliphatic heterocycles. The number of aliphatic carboxylic acids is 1. The Morgan fingerprint density at radius 1 is 1.26 bits per heavy atom. The smallest absolute Gasteiger partial charge is 0.322 e. The summed E-state index contributed by atoms with van der Waals surface area (Å²) in [6, 6.07) is 4.97. The maximum atomic E-state index is 13.1. The van der Waals surface area contributed by atoms with Crippen LogP contribution in [-0.4, -0.2) is 35.6 Å². The Kier molecular flexibility index (Phi) is 4.92. The third kappa shape index (κ3) is 4.47. The maximum absolute atomic E-state index is 13.1. The molecule has 23 heavy (non-hydrogen) atoms. The van der Waals surface area contributed by atoms with Crippen LogP contribution in [0.1, 0.15) is 5.56 Å². The summed E-state index contributed by atoms with van der Waals surface area (Å²) in [7, 11) is -4.24. The van der Waals surface area contributed by atoms with E-state index in [1.165, 1.54) is 24.3 Å². The van der Waals surface area contributed by atoms with Crippen molar-refractivity contribution in [3.05, 3.63) is 54.1 Å². The molecule has 3 N–H and O–H groups in total. The van der Waals surface area contributed by atoms with Crippen LogP contribution in [0.2, 0.25) is 0 Å². The average molecular weight is 340 g/mol. The van der Waals surface area contributed by atoms with E-state index in [1.807, 2.05) is 4.72 Å². The van der Waals surface area contributed by atoms with Gasteiger partial charge in [0, 0.05) is 6.20 Å². The molecule has 2 aromatic rings. The van der Waals surface area contributed by atoms with Gasteiger partial charge in [0.2, 0.25) is 10.0 Å². The highest BCUT2D eigenvalue weighted by molar-refractivity contribution is 7.89. The molecule has 1 atom stereocenters. The Hall–Kier alpha value is -2.52. The van der Waals surface area contributed by atoms with Crippen LogP contribution in [0.25, 0.3) is 0 Å². The van der Waals surface area contributed by atoms with Crippen LogP contribution in [0.3, 0.4) is 0 Å². The third-order valence-electron chi connectivity index (χ3n) is 2.96. The van der Waals surface area contributed by atoms with Gasteiger partial charge in [-0.15, -0.1) is 0 Å². The molecule has 0 radical (unpaired) electrons. The number of phenols is 1. The number of hydrogen-bond acceptors (Lipinski definition) is 5. The number of nitrogens with one attached hydrogen (secondary N) is 1. The van der Waals surface area contributed by atoms with Crippen molar-refractivity contribution in [2.24, 2.45) is 0 Å². The van der Waals surface area contributed by atoms with Gasteiger partial charge in [-0.25, -0.2) is 12.8 Å². The highest BCUT2D eigenvalue weighted by atomic mass is 32.2. The molecule has 0 aliphatic carbocycles. The minimum atomic E-state index is -4.24. The first-order valence-corrected chi connectivity index (χ1v) is 7.90. The first kappa shape index (κ1) is 16.8. The fourth-order valence-electron chi connectivity index (χ4n) is 1.84. The largest absolute Gasteiger partial charge is 0.508 e. The number of nitrogens with zero attached hydrogens (tertiary/aromatic N) is 1. The van der Waals surface area contributed by atoms with Crippen molar-refractivity contribution in [2.75, 3.05) is 0 Å². The van der Waals surface area contributed by atoms with Crippen LogP contribution in [-0.2, 0) is 21.2 Å². The lowest BCUT2D eigenvalue weighted by molar-refractivity contribution is -0.138. The van der Waals surface area contributed by atoms with Crippen molar-refractivity contribution < 1.29 is 27.8 Å². The first-order chi connectivity index (χ1) is 10.8. The third-order valence-corrected chi connectivity index (χ3v) is 4.40. The van der Waals surface area contributed by atoms with Crippen LogP contribution in [0.15, 0.2) is 47.6 Å². The molecule has 0 unspecified atom stereocenters. The van der Waals surface area contributed by atoms with Crippen molar-refractivity contribution in [1.82, 2.24) is 9.71 Å². The fourth-order valence-corrected chi connectivity index (χ4v) is 3.00. The molecule has 0 aliphatic rings. The normalized spacial score (nSPS) is 12.7. The molecule has 0 bridgehead atoms. The van der Waals surface area contributed by atoms with Crippen LogP contribution in [0.5, 0.6) is 5.75 Å². The Morgan fingerprint density at radius 2 is 1.91 bits per heavy atom. The number of carboxylic acids is 1. The van der Waals surface area contributed by atoms with Gasteiger partial charge in [-0.2, -0.15) is 4.72 Å². The zero-order valence-corrected chi connectivity index (χ0v) is 12.5. The summed E-state index contributed by atoms with van der Waals surface area (Å²) in [5.41, 5.74) is 0.510. The van der Waals surface area contributed by atoms with Gasteiger partial charge in [0.15, 0.2) is 0 Å². The summed E-state index contributed by atoms with van der Waals surface area (Å²) in [4.78, 5) is 14.2. The summed E-state index contributed by atoms with van der Waals surface area (Å²) in [5.74, 6) is -2.23. The van der Waals surface area contributed by atoms with Gasteiger partial charge in [0.05, 0.1) is 6.20 Å². The van der Waals surface area contributed by atoms with Gasteiger partial charge in [0.1, 0.15) is 22.5 Å². The van der Waals surface area contributed by atoms with E-state index in [4.69, 9.17) is 0 Å². The molecule has 0 saturated heterocycles. The van der Waals surface area contributed by atoms with Crippen LogP contribution >= 0.6 is 0 Å². The molecule has 1 aromatic heterocycles. The van der Waals surface area contributed by atoms with E-state index in [9.17, 15) is 27.8 Å². The maximum Gasteiger partial charge on any atom is 0.322 e. The highest BCUT2D eigenvalue weighted by Gasteiger charge is 2.26. The summed E-state index contributed by atoms with van der Waals surface area (Å²) in [5, 5.41) is 18.4. The highest BCUT2D eigenvalue weighted by Crippen LogP contribution is 2.14. The molecule has 0 saturated carbocycles. The van der Waals surface area contributed by atoms with Crippen LogP contribution in [0.4, 0.5) is 4.39 Å². The Labute approximate surface area is 131 Å². The van der Waals surface area contributed by atoms with E-state index in [0.29, 0.717) is 5.56 Å². The summed E-state index contributed by atoms with van der Waals surface area (Å²) in [6.45, 7) is 0. The molecule has 1 heterocycles. The van der Waals surface area contributed by atoms with Gasteiger partial charge >= 0.3 is 5.97 Å². The standard InChI is InChI=1S/C14H13FN2O5S/c15-10-6-12(8-16-7-10)23(21,22)17-13(14(19)20)5-9-1-3-11(18)4-2-9/h1-4,6-8,13,17-18H,5H2,(H,19,20)/t13-/m1/s1. The van der Waals surface area contributed by atoms with Gasteiger partial charge in [-0.1, -0.05) is 12.1 Å². The van der Waals surface area contributed by atoms with Gasteiger partial charge in [-0.3, -0.25) is 9.78 Å². The number of phenolic OH excluding ortho intramolecular Hbond substituents is 1. The van der Waals surface area contributed by atoms with Crippen molar-refractivity contribution in [3.8, 4) is 5.75 Å². The molecule has 0 fully saturated rings. The molecule has 7 nitrogen and oxygen atoms in total. The van der Waals surface area contributed by atoms with E-state index in [0.717, 1.165) is 18.5 Å². The number of aromatic hydroxyl groups is 1.